The number of nitrogens with zero attached hydrogens (tertiary/aromatic N) is 2. The Kier molecular flexibility index (Phi) is 3.04. The molecule has 0 aliphatic carbocycles. The smallest absolute Gasteiger partial charge is 0.133 e. The Hall–Kier alpha value is -0.600. The van der Waals surface area contributed by atoms with E-state index in [0.717, 1.165) is 6.54 Å². The molecule has 1 aromatic rings. The van der Waals surface area contributed by atoms with Gasteiger partial charge in [-0.1, -0.05) is 24.6 Å². The van der Waals surface area contributed by atoms with Gasteiger partial charge in [0.1, 0.15) is 5.15 Å². The molecule has 0 unspecified atom stereocenters. The third kappa shape index (κ3) is 1.77. The van der Waals surface area contributed by atoms with Crippen molar-refractivity contribution < 1.29 is 0 Å². The zero-order chi connectivity index (χ0) is 9.97. The average Bonchev–Trinajstić information content (AvgIpc) is 2.66. The molecular weight excluding hydrogens is 196 g/mol. The predicted octanol–water partition coefficient (Wildman–Crippen LogP) is 2.89. The van der Waals surface area contributed by atoms with Crippen LogP contribution in [0, 0.1) is 0 Å². The zero-order valence-electron chi connectivity index (χ0n) is 8.41. The van der Waals surface area contributed by atoms with E-state index in [4.69, 9.17) is 11.6 Å². The molecular formula is C11H15ClN2. The summed E-state index contributed by atoms with van der Waals surface area (Å²) in [4.78, 5) is 6.59. The van der Waals surface area contributed by atoms with Gasteiger partial charge in [0.05, 0.1) is 0 Å². The number of rotatable bonds is 2. The van der Waals surface area contributed by atoms with Gasteiger partial charge in [0.15, 0.2) is 0 Å². The summed E-state index contributed by atoms with van der Waals surface area (Å²) in [5.41, 5.74) is 1.19. The van der Waals surface area contributed by atoms with Crippen LogP contribution in [0.25, 0.3) is 0 Å². The molecule has 14 heavy (non-hydrogen) atoms. The van der Waals surface area contributed by atoms with Crippen molar-refractivity contribution in [1.82, 2.24) is 9.88 Å². The van der Waals surface area contributed by atoms with Crippen LogP contribution in [0.4, 0.5) is 0 Å². The van der Waals surface area contributed by atoms with Crippen molar-refractivity contribution in [1.29, 1.82) is 0 Å². The summed E-state index contributed by atoms with van der Waals surface area (Å²) in [5, 5.41) is 0.665. The van der Waals surface area contributed by atoms with Gasteiger partial charge in [0.25, 0.3) is 0 Å². The number of likely N-dealkylation sites (tertiary alicyclic amines) is 1. The van der Waals surface area contributed by atoms with Crippen molar-refractivity contribution in [2.45, 2.75) is 25.8 Å². The Balaban J connectivity index is 2.26. The molecule has 1 fully saturated rings. The first kappa shape index (κ1) is 9.94. The summed E-state index contributed by atoms with van der Waals surface area (Å²) in [5.74, 6) is 0. The van der Waals surface area contributed by atoms with E-state index in [2.05, 4.69) is 22.9 Å². The van der Waals surface area contributed by atoms with Gasteiger partial charge in [-0.05, 0) is 32.0 Å². The normalized spacial score (nSPS) is 22.9. The SMILES string of the molecule is CCN1CCC[C@@H]1c1cccnc1Cl. The molecule has 2 nitrogen and oxygen atoms in total. The Labute approximate surface area is 89.9 Å². The maximum absolute atomic E-state index is 6.09. The van der Waals surface area contributed by atoms with Gasteiger partial charge < -0.3 is 0 Å². The van der Waals surface area contributed by atoms with Gasteiger partial charge in [-0.3, -0.25) is 4.90 Å². The van der Waals surface area contributed by atoms with Crippen LogP contribution in [-0.4, -0.2) is 23.0 Å². The summed E-state index contributed by atoms with van der Waals surface area (Å²) in [6, 6.07) is 4.54. The van der Waals surface area contributed by atoms with E-state index in [-0.39, 0.29) is 0 Å². The van der Waals surface area contributed by atoms with E-state index in [1.807, 2.05) is 6.07 Å². The molecule has 3 heteroatoms. The highest BCUT2D eigenvalue weighted by Crippen LogP contribution is 2.34. The molecule has 0 aromatic carbocycles. The van der Waals surface area contributed by atoms with Crippen molar-refractivity contribution in [3.63, 3.8) is 0 Å². The fraction of sp³-hybridized carbons (Fsp3) is 0.545. The van der Waals surface area contributed by atoms with E-state index in [0.29, 0.717) is 11.2 Å². The van der Waals surface area contributed by atoms with Crippen LogP contribution in [-0.2, 0) is 0 Å². The van der Waals surface area contributed by atoms with Crippen LogP contribution >= 0.6 is 11.6 Å². The minimum Gasteiger partial charge on any atom is -0.296 e. The number of aromatic nitrogens is 1. The summed E-state index contributed by atoms with van der Waals surface area (Å²) >= 11 is 6.09. The number of halogens is 1. The van der Waals surface area contributed by atoms with Crippen LogP contribution in [0.3, 0.4) is 0 Å². The highest BCUT2D eigenvalue weighted by Gasteiger charge is 2.26. The number of hydrogen-bond acceptors (Lipinski definition) is 2. The third-order valence-corrected chi connectivity index (χ3v) is 3.23. The van der Waals surface area contributed by atoms with Crippen molar-refractivity contribution >= 4 is 11.6 Å². The maximum atomic E-state index is 6.09. The van der Waals surface area contributed by atoms with E-state index in [9.17, 15) is 0 Å². The molecule has 0 N–H and O–H groups in total. The molecule has 0 spiro atoms. The summed E-state index contributed by atoms with van der Waals surface area (Å²) in [6.07, 6.45) is 4.22. The van der Waals surface area contributed by atoms with Crippen LogP contribution in [0.2, 0.25) is 5.15 Å². The second-order valence-electron chi connectivity index (χ2n) is 3.67. The van der Waals surface area contributed by atoms with E-state index in [1.54, 1.807) is 6.20 Å². The van der Waals surface area contributed by atoms with Crippen molar-refractivity contribution in [2.24, 2.45) is 0 Å². The molecule has 0 bridgehead atoms. The number of pyridine rings is 1. The molecule has 1 aromatic heterocycles. The Bertz CT molecular complexity index is 314. The monoisotopic (exact) mass is 210 g/mol. The molecule has 2 rings (SSSR count). The molecule has 1 aliphatic rings. The Morgan fingerprint density at radius 3 is 3.21 bits per heavy atom. The number of hydrogen-bond donors (Lipinski definition) is 0. The third-order valence-electron chi connectivity index (χ3n) is 2.92. The predicted molar refractivity (Wildman–Crippen MR) is 58.5 cm³/mol. The summed E-state index contributed by atoms with van der Waals surface area (Å²) in [6.45, 7) is 4.48. The first-order valence-corrected chi connectivity index (χ1v) is 5.55. The van der Waals surface area contributed by atoms with Gasteiger partial charge in [0.2, 0.25) is 0 Å². The minimum atomic E-state index is 0.487. The molecule has 0 radical (unpaired) electrons. The summed E-state index contributed by atoms with van der Waals surface area (Å²) < 4.78 is 0. The molecule has 0 amide bonds. The second kappa shape index (κ2) is 4.28. The maximum Gasteiger partial charge on any atom is 0.133 e. The van der Waals surface area contributed by atoms with Gasteiger partial charge in [0, 0.05) is 17.8 Å². The van der Waals surface area contributed by atoms with E-state index < -0.39 is 0 Å². The highest BCUT2D eigenvalue weighted by molar-refractivity contribution is 6.30. The Morgan fingerprint density at radius 2 is 2.50 bits per heavy atom. The second-order valence-corrected chi connectivity index (χ2v) is 4.03. The lowest BCUT2D eigenvalue weighted by Crippen LogP contribution is -2.22. The van der Waals surface area contributed by atoms with Crippen molar-refractivity contribution in [2.75, 3.05) is 13.1 Å². The first-order valence-electron chi connectivity index (χ1n) is 5.17. The lowest BCUT2D eigenvalue weighted by atomic mass is 10.1. The molecule has 2 heterocycles. The summed E-state index contributed by atoms with van der Waals surface area (Å²) in [7, 11) is 0. The fourth-order valence-corrected chi connectivity index (χ4v) is 2.45. The first-order chi connectivity index (χ1) is 6.83. The lowest BCUT2D eigenvalue weighted by Gasteiger charge is -2.23. The highest BCUT2D eigenvalue weighted by atomic mass is 35.5. The molecule has 1 saturated heterocycles. The van der Waals surface area contributed by atoms with Gasteiger partial charge >= 0.3 is 0 Å². The van der Waals surface area contributed by atoms with E-state index >= 15 is 0 Å². The molecule has 1 atom stereocenters. The zero-order valence-corrected chi connectivity index (χ0v) is 9.17. The minimum absolute atomic E-state index is 0.487. The fourth-order valence-electron chi connectivity index (χ4n) is 2.20. The molecule has 76 valence electrons. The van der Waals surface area contributed by atoms with Gasteiger partial charge in [-0.2, -0.15) is 0 Å². The topological polar surface area (TPSA) is 16.1 Å². The largest absolute Gasteiger partial charge is 0.296 e. The Morgan fingerprint density at radius 1 is 1.64 bits per heavy atom. The van der Waals surface area contributed by atoms with Crippen molar-refractivity contribution in [3.8, 4) is 0 Å². The molecule has 1 aliphatic heterocycles. The van der Waals surface area contributed by atoms with Crippen molar-refractivity contribution in [3.05, 3.63) is 29.0 Å². The van der Waals surface area contributed by atoms with Gasteiger partial charge in [-0.25, -0.2) is 4.98 Å². The van der Waals surface area contributed by atoms with Crippen LogP contribution < -0.4 is 0 Å². The average molecular weight is 211 g/mol. The van der Waals surface area contributed by atoms with Crippen LogP contribution in [0.5, 0.6) is 0 Å². The lowest BCUT2D eigenvalue weighted by molar-refractivity contribution is 0.271. The standard InChI is InChI=1S/C11H15ClN2/c1-2-14-8-4-6-10(14)9-5-3-7-13-11(9)12/h3,5,7,10H,2,4,6,8H2,1H3/t10-/m1/s1. The molecule has 0 saturated carbocycles. The van der Waals surface area contributed by atoms with Gasteiger partial charge in [-0.15, -0.1) is 0 Å². The van der Waals surface area contributed by atoms with E-state index in [1.165, 1.54) is 24.9 Å². The quantitative estimate of drug-likeness (QED) is 0.698. The van der Waals surface area contributed by atoms with Crippen LogP contribution in [0.1, 0.15) is 31.4 Å². The van der Waals surface area contributed by atoms with Crippen LogP contribution in [0.15, 0.2) is 18.3 Å².